The minimum Gasteiger partial charge on any atom is -0.399 e. The number of rotatable bonds is 5. The van der Waals surface area contributed by atoms with Gasteiger partial charge in [-0.15, -0.1) is 0 Å². The number of benzene rings is 1. The summed E-state index contributed by atoms with van der Waals surface area (Å²) in [7, 11) is 3.32. The summed E-state index contributed by atoms with van der Waals surface area (Å²) in [5.41, 5.74) is 6.47. The Labute approximate surface area is 124 Å². The van der Waals surface area contributed by atoms with Crippen molar-refractivity contribution in [2.75, 3.05) is 32.9 Å². The molecule has 5 nitrogen and oxygen atoms in total. The third-order valence-electron chi connectivity index (χ3n) is 2.83. The minimum absolute atomic E-state index is 0.0420. The Bertz CT molecular complexity index is 503. The van der Waals surface area contributed by atoms with Gasteiger partial charge in [0.15, 0.2) is 0 Å². The molecule has 0 unspecified atom stereocenters. The molecule has 2 N–H and O–H groups in total. The molecule has 0 aromatic heterocycles. The first-order valence-electron chi connectivity index (χ1n) is 6.41. The van der Waals surface area contributed by atoms with Gasteiger partial charge >= 0.3 is 0 Å². The Balaban J connectivity index is 2.96. The zero-order chi connectivity index (χ0) is 15.3. The van der Waals surface area contributed by atoms with Crippen LogP contribution in [-0.4, -0.2) is 48.8 Å². The highest BCUT2D eigenvalue weighted by Crippen LogP contribution is 2.21. The van der Waals surface area contributed by atoms with Crippen LogP contribution < -0.4 is 5.73 Å². The fourth-order valence-electron chi connectivity index (χ4n) is 1.70. The van der Waals surface area contributed by atoms with E-state index in [1.165, 1.54) is 15.9 Å². The monoisotopic (exact) mass is 297 g/mol. The SMILES string of the molecule is CCCN(CC(=O)N(C)C)C(=O)c1ccc(N)cc1Cl. The van der Waals surface area contributed by atoms with Gasteiger partial charge in [0.2, 0.25) is 5.91 Å². The lowest BCUT2D eigenvalue weighted by Crippen LogP contribution is -2.40. The third-order valence-corrected chi connectivity index (χ3v) is 3.14. The minimum atomic E-state index is -0.257. The van der Waals surface area contributed by atoms with Crippen molar-refractivity contribution in [3.63, 3.8) is 0 Å². The highest BCUT2D eigenvalue weighted by molar-refractivity contribution is 6.34. The summed E-state index contributed by atoms with van der Waals surface area (Å²) in [6.45, 7) is 2.49. The number of nitrogens with zero attached hydrogens (tertiary/aromatic N) is 2. The maximum Gasteiger partial charge on any atom is 0.255 e. The molecule has 2 amide bonds. The van der Waals surface area contributed by atoms with Crippen LogP contribution in [0.1, 0.15) is 23.7 Å². The van der Waals surface area contributed by atoms with Crippen LogP contribution in [0.25, 0.3) is 0 Å². The van der Waals surface area contributed by atoms with Crippen molar-refractivity contribution in [2.24, 2.45) is 0 Å². The number of halogens is 1. The highest BCUT2D eigenvalue weighted by Gasteiger charge is 2.21. The van der Waals surface area contributed by atoms with Crippen molar-refractivity contribution in [1.29, 1.82) is 0 Å². The Morgan fingerprint density at radius 2 is 1.95 bits per heavy atom. The van der Waals surface area contributed by atoms with Gasteiger partial charge in [0.25, 0.3) is 5.91 Å². The number of nitrogens with two attached hydrogens (primary N) is 1. The van der Waals surface area contributed by atoms with E-state index in [1.807, 2.05) is 6.92 Å². The number of carbonyl (C=O) groups is 2. The second-order valence-electron chi connectivity index (χ2n) is 4.75. The van der Waals surface area contributed by atoms with E-state index in [9.17, 15) is 9.59 Å². The number of hydrogen-bond acceptors (Lipinski definition) is 3. The van der Waals surface area contributed by atoms with E-state index in [-0.39, 0.29) is 18.4 Å². The smallest absolute Gasteiger partial charge is 0.255 e. The van der Waals surface area contributed by atoms with E-state index in [2.05, 4.69) is 0 Å². The second-order valence-corrected chi connectivity index (χ2v) is 5.16. The Kier molecular flexibility index (Phi) is 5.82. The summed E-state index contributed by atoms with van der Waals surface area (Å²) < 4.78 is 0. The third kappa shape index (κ3) is 4.13. The van der Waals surface area contributed by atoms with Crippen LogP contribution in [0, 0.1) is 0 Å². The molecule has 20 heavy (non-hydrogen) atoms. The molecule has 0 spiro atoms. The molecular weight excluding hydrogens is 278 g/mol. The second kappa shape index (κ2) is 7.14. The Hall–Kier alpha value is -1.75. The van der Waals surface area contributed by atoms with Crippen molar-refractivity contribution in [3.8, 4) is 0 Å². The Morgan fingerprint density at radius 3 is 2.45 bits per heavy atom. The first-order chi connectivity index (χ1) is 9.36. The zero-order valence-corrected chi connectivity index (χ0v) is 12.8. The lowest BCUT2D eigenvalue weighted by Gasteiger charge is -2.23. The number of nitrogen functional groups attached to an aromatic ring is 1. The molecule has 0 heterocycles. The number of likely N-dealkylation sites (N-methyl/N-ethyl adjacent to an activating group) is 1. The molecule has 6 heteroatoms. The predicted octanol–water partition coefficient (Wildman–Crippen LogP) is 1.86. The quantitative estimate of drug-likeness (QED) is 0.844. The van der Waals surface area contributed by atoms with Gasteiger partial charge < -0.3 is 15.5 Å². The molecule has 0 radical (unpaired) electrons. The number of anilines is 1. The van der Waals surface area contributed by atoms with Crippen LogP contribution in [0.2, 0.25) is 5.02 Å². The molecule has 110 valence electrons. The van der Waals surface area contributed by atoms with Crippen molar-refractivity contribution < 1.29 is 9.59 Å². The molecule has 0 bridgehead atoms. The number of amides is 2. The fraction of sp³-hybridized carbons (Fsp3) is 0.429. The number of hydrogen-bond donors (Lipinski definition) is 1. The average molecular weight is 298 g/mol. The van der Waals surface area contributed by atoms with Crippen LogP contribution >= 0.6 is 11.6 Å². The van der Waals surface area contributed by atoms with Crippen LogP contribution in [0.3, 0.4) is 0 Å². The first kappa shape index (κ1) is 16.3. The lowest BCUT2D eigenvalue weighted by molar-refractivity contribution is -0.129. The number of carbonyl (C=O) groups excluding carboxylic acids is 2. The van der Waals surface area contributed by atoms with Gasteiger partial charge in [-0.2, -0.15) is 0 Å². The highest BCUT2D eigenvalue weighted by atomic mass is 35.5. The summed E-state index contributed by atoms with van der Waals surface area (Å²) in [5.74, 6) is -0.384. The van der Waals surface area contributed by atoms with Crippen molar-refractivity contribution >= 4 is 29.1 Å². The predicted molar refractivity (Wildman–Crippen MR) is 80.8 cm³/mol. The molecule has 1 aromatic carbocycles. The summed E-state index contributed by atoms with van der Waals surface area (Å²) in [4.78, 5) is 27.2. The van der Waals surface area contributed by atoms with E-state index >= 15 is 0 Å². The Morgan fingerprint density at radius 1 is 1.30 bits per heavy atom. The van der Waals surface area contributed by atoms with Crippen molar-refractivity contribution in [3.05, 3.63) is 28.8 Å². The van der Waals surface area contributed by atoms with Gasteiger partial charge in [-0.3, -0.25) is 9.59 Å². The van der Waals surface area contributed by atoms with Gasteiger partial charge in [-0.1, -0.05) is 18.5 Å². The summed E-state index contributed by atoms with van der Waals surface area (Å²) in [6.07, 6.45) is 0.763. The standard InChI is InChI=1S/C14H20ClN3O2/c1-4-7-18(9-13(19)17(2)3)14(20)11-6-5-10(16)8-12(11)15/h5-6,8H,4,7,9,16H2,1-3H3. The molecule has 0 aliphatic rings. The van der Waals surface area contributed by atoms with Crippen LogP contribution in [-0.2, 0) is 4.79 Å². The largest absolute Gasteiger partial charge is 0.399 e. The van der Waals surface area contributed by atoms with Crippen LogP contribution in [0.5, 0.6) is 0 Å². The molecule has 0 atom stereocenters. The van der Waals surface area contributed by atoms with Gasteiger partial charge in [0, 0.05) is 26.3 Å². The maximum absolute atomic E-state index is 12.5. The van der Waals surface area contributed by atoms with E-state index in [0.717, 1.165) is 6.42 Å². The van der Waals surface area contributed by atoms with Gasteiger partial charge in [0.05, 0.1) is 10.6 Å². The lowest BCUT2D eigenvalue weighted by atomic mass is 10.1. The molecule has 0 aliphatic carbocycles. The van der Waals surface area contributed by atoms with Gasteiger partial charge in [-0.25, -0.2) is 0 Å². The molecule has 0 aliphatic heterocycles. The molecule has 1 rings (SSSR count). The molecule has 0 fully saturated rings. The van der Waals surface area contributed by atoms with Gasteiger partial charge in [-0.05, 0) is 24.6 Å². The van der Waals surface area contributed by atoms with Gasteiger partial charge in [0.1, 0.15) is 6.54 Å². The first-order valence-corrected chi connectivity index (χ1v) is 6.79. The zero-order valence-electron chi connectivity index (χ0n) is 12.0. The summed E-state index contributed by atoms with van der Waals surface area (Å²) in [6, 6.07) is 4.74. The van der Waals surface area contributed by atoms with Crippen LogP contribution in [0.15, 0.2) is 18.2 Å². The van der Waals surface area contributed by atoms with E-state index in [1.54, 1.807) is 26.2 Å². The van der Waals surface area contributed by atoms with E-state index < -0.39 is 0 Å². The molecule has 1 aromatic rings. The molecular formula is C14H20ClN3O2. The van der Waals surface area contributed by atoms with Crippen molar-refractivity contribution in [2.45, 2.75) is 13.3 Å². The van der Waals surface area contributed by atoms with Crippen molar-refractivity contribution in [1.82, 2.24) is 9.80 Å². The summed E-state index contributed by atoms with van der Waals surface area (Å²) in [5, 5.41) is 0.299. The van der Waals surface area contributed by atoms with Crippen LogP contribution in [0.4, 0.5) is 5.69 Å². The normalized spacial score (nSPS) is 10.2. The maximum atomic E-state index is 12.5. The molecule has 0 saturated heterocycles. The fourth-order valence-corrected chi connectivity index (χ4v) is 1.97. The average Bonchev–Trinajstić information content (AvgIpc) is 2.37. The topological polar surface area (TPSA) is 66.6 Å². The van der Waals surface area contributed by atoms with E-state index in [0.29, 0.717) is 22.8 Å². The summed E-state index contributed by atoms with van der Waals surface area (Å²) >= 11 is 6.04. The van der Waals surface area contributed by atoms with E-state index in [4.69, 9.17) is 17.3 Å². The molecule has 0 saturated carbocycles.